The van der Waals surface area contributed by atoms with Gasteiger partial charge in [0.05, 0.1) is 46.5 Å². The van der Waals surface area contributed by atoms with E-state index >= 15 is 0 Å². The zero-order valence-electron chi connectivity index (χ0n) is 14.2. The lowest BCUT2D eigenvalue weighted by atomic mass is 10.1. The first-order valence-corrected chi connectivity index (χ1v) is 7.96. The highest BCUT2D eigenvalue weighted by Crippen LogP contribution is 2.35. The molecular formula is C17H11ClF3N5O2. The number of ether oxygens (including phenoxy) is 1. The Morgan fingerprint density at radius 3 is 2.57 bits per heavy atom. The maximum atomic E-state index is 13.3. The molecule has 3 rings (SSSR count). The van der Waals surface area contributed by atoms with Crippen LogP contribution in [-0.2, 0) is 10.9 Å². The molecule has 3 aromatic rings. The predicted molar refractivity (Wildman–Crippen MR) is 93.4 cm³/mol. The maximum Gasteiger partial charge on any atom is 0.416 e. The Morgan fingerprint density at radius 2 is 2.04 bits per heavy atom. The summed E-state index contributed by atoms with van der Waals surface area (Å²) < 4.78 is 46.8. The number of esters is 1. The minimum atomic E-state index is -4.64. The molecule has 0 aliphatic heterocycles. The lowest BCUT2D eigenvalue weighted by Gasteiger charge is -2.16. The Hall–Kier alpha value is -3.45. The number of anilines is 1. The van der Waals surface area contributed by atoms with Crippen LogP contribution in [0.1, 0.15) is 21.6 Å². The largest absolute Gasteiger partial charge is 0.464 e. The second-order valence-corrected chi connectivity index (χ2v) is 6.02. The summed E-state index contributed by atoms with van der Waals surface area (Å²) in [6.07, 6.45) is -0.804. The predicted octanol–water partition coefficient (Wildman–Crippen LogP) is 3.58. The number of nitrogen functional groups attached to an aromatic ring is 1. The molecule has 0 spiro atoms. The van der Waals surface area contributed by atoms with Gasteiger partial charge in [0, 0.05) is 12.4 Å². The minimum Gasteiger partial charge on any atom is -0.464 e. The highest BCUT2D eigenvalue weighted by atomic mass is 35.5. The Morgan fingerprint density at radius 1 is 1.32 bits per heavy atom. The van der Waals surface area contributed by atoms with Crippen molar-refractivity contribution in [2.45, 2.75) is 6.18 Å². The summed E-state index contributed by atoms with van der Waals surface area (Å²) in [6.45, 7) is 0. The third kappa shape index (κ3) is 3.27. The Balaban J connectivity index is 2.37. The topological polar surface area (TPSA) is 98.9 Å². The first-order valence-electron chi connectivity index (χ1n) is 7.58. The molecule has 1 aromatic carbocycles. The van der Waals surface area contributed by atoms with Crippen LogP contribution in [0.15, 0.2) is 36.8 Å². The van der Waals surface area contributed by atoms with Crippen LogP contribution in [0.5, 0.6) is 0 Å². The van der Waals surface area contributed by atoms with E-state index in [9.17, 15) is 23.2 Å². The van der Waals surface area contributed by atoms with Gasteiger partial charge in [-0.1, -0.05) is 11.6 Å². The number of methoxy groups -OCH3 is 1. The normalized spacial score (nSPS) is 11.3. The molecule has 0 fully saturated rings. The van der Waals surface area contributed by atoms with Crippen molar-refractivity contribution in [1.29, 1.82) is 5.26 Å². The van der Waals surface area contributed by atoms with E-state index in [1.807, 2.05) is 0 Å². The summed E-state index contributed by atoms with van der Waals surface area (Å²) in [7, 11) is 1.09. The van der Waals surface area contributed by atoms with E-state index < -0.39 is 17.7 Å². The number of carbonyl (C=O) groups is 1. The van der Waals surface area contributed by atoms with Crippen molar-refractivity contribution in [2.24, 2.45) is 0 Å². The number of rotatable bonds is 3. The van der Waals surface area contributed by atoms with E-state index in [1.165, 1.54) is 23.1 Å². The smallest absolute Gasteiger partial charge is 0.416 e. The molecule has 2 aromatic heterocycles. The van der Waals surface area contributed by atoms with Gasteiger partial charge in [0.15, 0.2) is 5.69 Å². The van der Waals surface area contributed by atoms with Crippen LogP contribution in [0, 0.1) is 11.3 Å². The highest BCUT2D eigenvalue weighted by molar-refractivity contribution is 6.30. The summed E-state index contributed by atoms with van der Waals surface area (Å²) in [5.41, 5.74) is 4.36. The van der Waals surface area contributed by atoms with Gasteiger partial charge in [0.1, 0.15) is 6.07 Å². The van der Waals surface area contributed by atoms with E-state index in [0.717, 1.165) is 30.0 Å². The van der Waals surface area contributed by atoms with E-state index in [1.54, 1.807) is 6.07 Å². The third-order valence-electron chi connectivity index (χ3n) is 3.90. The number of alkyl halides is 3. The number of benzene rings is 1. The molecule has 0 radical (unpaired) electrons. The number of nitrogens with zero attached hydrogens (tertiary/aromatic N) is 4. The van der Waals surface area contributed by atoms with Crippen molar-refractivity contribution < 1.29 is 22.7 Å². The maximum absolute atomic E-state index is 13.3. The monoisotopic (exact) mass is 409 g/mol. The Bertz CT molecular complexity index is 1110. The fourth-order valence-electron chi connectivity index (χ4n) is 2.62. The van der Waals surface area contributed by atoms with Crippen molar-refractivity contribution in [1.82, 2.24) is 14.3 Å². The molecule has 0 bridgehead atoms. The molecule has 28 heavy (non-hydrogen) atoms. The van der Waals surface area contributed by atoms with Crippen LogP contribution < -0.4 is 5.73 Å². The van der Waals surface area contributed by atoms with Gasteiger partial charge in [0.2, 0.25) is 0 Å². The van der Waals surface area contributed by atoms with Crippen LogP contribution in [0.2, 0.25) is 5.02 Å². The number of carbonyl (C=O) groups excluding carboxylic acids is 1. The van der Waals surface area contributed by atoms with E-state index in [2.05, 4.69) is 9.84 Å². The molecule has 0 aliphatic rings. The minimum absolute atomic E-state index is 0.0943. The van der Waals surface area contributed by atoms with E-state index in [0.29, 0.717) is 0 Å². The summed E-state index contributed by atoms with van der Waals surface area (Å²) in [5.74, 6) is -0.916. The molecule has 0 amide bonds. The number of hydrogen-bond donors (Lipinski definition) is 1. The standard InChI is InChI=1S/C17H11ClF3N5O2/c1-28-16(27)15-14(23)9(5-22)7-25(15)13-4-10(17(19,20)21)2-3-12(13)26-8-11(18)6-24-26/h2-4,6-8H,23H2,1H3. The van der Waals surface area contributed by atoms with Crippen molar-refractivity contribution >= 4 is 23.3 Å². The lowest BCUT2D eigenvalue weighted by Crippen LogP contribution is -2.14. The van der Waals surface area contributed by atoms with Gasteiger partial charge >= 0.3 is 12.1 Å². The van der Waals surface area contributed by atoms with Crippen molar-refractivity contribution in [3.05, 3.63) is 58.6 Å². The zero-order valence-corrected chi connectivity index (χ0v) is 14.9. The number of halogens is 4. The van der Waals surface area contributed by atoms with Crippen molar-refractivity contribution in [2.75, 3.05) is 12.8 Å². The molecule has 0 aliphatic carbocycles. The van der Waals surface area contributed by atoms with Gasteiger partial charge in [0.25, 0.3) is 0 Å². The van der Waals surface area contributed by atoms with Gasteiger partial charge in [-0.25, -0.2) is 9.48 Å². The summed E-state index contributed by atoms with van der Waals surface area (Å²) in [4.78, 5) is 12.2. The SMILES string of the molecule is COC(=O)c1c(N)c(C#N)cn1-c1cc(C(F)(F)F)ccc1-n1cc(Cl)cn1. The molecule has 2 heterocycles. The summed E-state index contributed by atoms with van der Waals surface area (Å²) in [6, 6.07) is 4.65. The fourth-order valence-corrected chi connectivity index (χ4v) is 2.76. The third-order valence-corrected chi connectivity index (χ3v) is 4.10. The number of aromatic nitrogens is 3. The van der Waals surface area contributed by atoms with E-state index in [4.69, 9.17) is 17.3 Å². The van der Waals surface area contributed by atoms with Gasteiger partial charge < -0.3 is 15.0 Å². The molecule has 2 N–H and O–H groups in total. The van der Waals surface area contributed by atoms with Gasteiger partial charge in [-0.05, 0) is 18.2 Å². The molecule has 144 valence electrons. The van der Waals surface area contributed by atoms with E-state index in [-0.39, 0.29) is 33.3 Å². The molecule has 0 saturated heterocycles. The average molecular weight is 410 g/mol. The molecule has 7 nitrogen and oxygen atoms in total. The first kappa shape index (κ1) is 19.3. The lowest BCUT2D eigenvalue weighted by molar-refractivity contribution is -0.137. The van der Waals surface area contributed by atoms with Crippen molar-refractivity contribution in [3.8, 4) is 17.4 Å². The highest BCUT2D eigenvalue weighted by Gasteiger charge is 2.32. The first-order chi connectivity index (χ1) is 13.2. The summed E-state index contributed by atoms with van der Waals surface area (Å²) in [5, 5.41) is 13.5. The fraction of sp³-hybridized carbons (Fsp3) is 0.118. The number of nitrogens with two attached hydrogens (primary N) is 1. The van der Waals surface area contributed by atoms with Crippen molar-refractivity contribution in [3.63, 3.8) is 0 Å². The van der Waals surface area contributed by atoms with Gasteiger partial charge in [-0.3, -0.25) is 0 Å². The Labute approximate surface area is 161 Å². The number of nitriles is 1. The average Bonchev–Trinajstić information content (AvgIpc) is 3.23. The molecular weight excluding hydrogens is 399 g/mol. The van der Waals surface area contributed by atoms with Crippen LogP contribution >= 0.6 is 11.6 Å². The van der Waals surface area contributed by atoms with Crippen LogP contribution in [0.3, 0.4) is 0 Å². The van der Waals surface area contributed by atoms with Crippen LogP contribution in [0.25, 0.3) is 11.4 Å². The molecule has 0 unspecified atom stereocenters. The second kappa shape index (κ2) is 6.94. The quantitative estimate of drug-likeness (QED) is 0.667. The van der Waals surface area contributed by atoms with Gasteiger partial charge in [-0.2, -0.15) is 23.5 Å². The number of hydrogen-bond acceptors (Lipinski definition) is 5. The summed E-state index contributed by atoms with van der Waals surface area (Å²) >= 11 is 5.86. The molecule has 0 atom stereocenters. The molecule has 11 heteroatoms. The van der Waals surface area contributed by atoms with Crippen LogP contribution in [-0.4, -0.2) is 27.4 Å². The van der Waals surface area contributed by atoms with Gasteiger partial charge in [-0.15, -0.1) is 0 Å². The molecule has 0 saturated carbocycles. The second-order valence-electron chi connectivity index (χ2n) is 5.58. The Kier molecular flexibility index (Phi) is 4.79. The zero-order chi connectivity index (χ0) is 20.6. The van der Waals surface area contributed by atoms with Crippen LogP contribution in [0.4, 0.5) is 18.9 Å².